The molecule has 3 N–H and O–H groups in total. The second kappa shape index (κ2) is 8.17. The molecule has 1 amide bonds. The lowest BCUT2D eigenvalue weighted by molar-refractivity contribution is -0.139. The van der Waals surface area contributed by atoms with Crippen LogP contribution in [-0.4, -0.2) is 28.2 Å². The summed E-state index contributed by atoms with van der Waals surface area (Å²) in [5.41, 5.74) is 1.62. The number of carbonyl (C=O) groups excluding carboxylic acids is 1. The predicted molar refractivity (Wildman–Crippen MR) is 83.6 cm³/mol. The summed E-state index contributed by atoms with van der Waals surface area (Å²) in [4.78, 5) is 13.0. The number of rotatable bonds is 7. The van der Waals surface area contributed by atoms with Crippen LogP contribution in [0.2, 0.25) is 0 Å². The minimum Gasteiger partial charge on any atom is -0.393 e. The highest BCUT2D eigenvalue weighted by Gasteiger charge is 2.40. The predicted octanol–water partition coefficient (Wildman–Crippen LogP) is 3.38. The van der Waals surface area contributed by atoms with Crippen molar-refractivity contribution in [1.29, 1.82) is 0 Å². The van der Waals surface area contributed by atoms with Gasteiger partial charge in [0.15, 0.2) is 0 Å². The summed E-state index contributed by atoms with van der Waals surface area (Å²) in [7, 11) is 0. The third-order valence-electron chi connectivity index (χ3n) is 4.61. The summed E-state index contributed by atoms with van der Waals surface area (Å²) in [6.45, 7) is 0. The van der Waals surface area contributed by atoms with Crippen LogP contribution in [0.4, 0.5) is 8.78 Å². The van der Waals surface area contributed by atoms with Crippen molar-refractivity contribution in [1.82, 2.24) is 5.48 Å². The number of thiophene rings is 1. The van der Waals surface area contributed by atoms with E-state index >= 15 is 0 Å². The molecular weight excluding hydrogens is 324 g/mol. The molecule has 1 aliphatic carbocycles. The fourth-order valence-electron chi connectivity index (χ4n) is 3.24. The molecule has 1 heterocycles. The van der Waals surface area contributed by atoms with E-state index in [1.165, 1.54) is 0 Å². The quantitative estimate of drug-likeness (QED) is 0.523. The highest BCUT2D eigenvalue weighted by molar-refractivity contribution is 7.09. The first kappa shape index (κ1) is 18.3. The third-order valence-corrected chi connectivity index (χ3v) is 5.54. The minimum atomic E-state index is -2.66. The first-order valence-corrected chi connectivity index (χ1v) is 8.81. The summed E-state index contributed by atoms with van der Waals surface area (Å²) in [5.74, 6) is -4.10. The highest BCUT2D eigenvalue weighted by Crippen LogP contribution is 2.40. The van der Waals surface area contributed by atoms with Gasteiger partial charge in [0.2, 0.25) is 11.8 Å². The number of aliphatic hydroxyl groups excluding tert-OH is 1. The van der Waals surface area contributed by atoms with Crippen LogP contribution >= 0.6 is 11.3 Å². The molecule has 0 aromatic carbocycles. The second-order valence-corrected chi connectivity index (χ2v) is 7.32. The maximum absolute atomic E-state index is 13.3. The van der Waals surface area contributed by atoms with Crippen molar-refractivity contribution >= 4 is 17.2 Å². The van der Waals surface area contributed by atoms with Crippen LogP contribution < -0.4 is 5.48 Å². The SMILES string of the molecule is O=C(NO)C(CC(O)CCc1cccs1)C1CCC(F)(F)CC1. The van der Waals surface area contributed by atoms with Gasteiger partial charge in [-0.25, -0.2) is 14.3 Å². The molecule has 2 rings (SSSR count). The van der Waals surface area contributed by atoms with Gasteiger partial charge in [0.05, 0.1) is 6.10 Å². The summed E-state index contributed by atoms with van der Waals surface area (Å²) in [6, 6.07) is 3.93. The van der Waals surface area contributed by atoms with Crippen LogP contribution in [-0.2, 0) is 11.2 Å². The van der Waals surface area contributed by atoms with Crippen LogP contribution in [0.5, 0.6) is 0 Å². The third kappa shape index (κ3) is 5.51. The number of nitrogens with one attached hydrogen (secondary N) is 1. The topological polar surface area (TPSA) is 69.6 Å². The Morgan fingerprint density at radius 2 is 2.13 bits per heavy atom. The number of aliphatic hydroxyl groups is 1. The van der Waals surface area contributed by atoms with E-state index in [1.807, 2.05) is 17.5 Å². The Kier molecular flexibility index (Phi) is 6.50. The number of aryl methyl sites for hydroxylation is 1. The number of hydroxylamine groups is 1. The van der Waals surface area contributed by atoms with Gasteiger partial charge in [0.1, 0.15) is 0 Å². The van der Waals surface area contributed by atoms with Gasteiger partial charge in [-0.05, 0) is 49.5 Å². The monoisotopic (exact) mass is 347 g/mol. The van der Waals surface area contributed by atoms with Gasteiger partial charge in [-0.3, -0.25) is 10.0 Å². The van der Waals surface area contributed by atoms with Gasteiger partial charge in [-0.1, -0.05) is 6.07 Å². The van der Waals surface area contributed by atoms with Crippen molar-refractivity contribution < 1.29 is 23.9 Å². The van der Waals surface area contributed by atoms with Crippen LogP contribution in [0.3, 0.4) is 0 Å². The molecule has 2 atom stereocenters. The largest absolute Gasteiger partial charge is 0.393 e. The average Bonchev–Trinajstić information content (AvgIpc) is 3.04. The Morgan fingerprint density at radius 1 is 1.43 bits per heavy atom. The molecular formula is C16H23F2NO3S. The zero-order chi connectivity index (χ0) is 16.9. The zero-order valence-electron chi connectivity index (χ0n) is 12.9. The van der Waals surface area contributed by atoms with E-state index in [-0.39, 0.29) is 38.0 Å². The van der Waals surface area contributed by atoms with Crippen molar-refractivity contribution in [2.45, 2.75) is 57.0 Å². The number of alkyl halides is 2. The number of amides is 1. The molecule has 130 valence electrons. The van der Waals surface area contributed by atoms with Crippen LogP contribution in [0.25, 0.3) is 0 Å². The highest BCUT2D eigenvalue weighted by atomic mass is 32.1. The molecule has 1 aromatic heterocycles. The first-order valence-electron chi connectivity index (χ1n) is 7.93. The first-order chi connectivity index (χ1) is 10.9. The maximum atomic E-state index is 13.3. The second-order valence-electron chi connectivity index (χ2n) is 6.28. The van der Waals surface area contributed by atoms with Gasteiger partial charge in [0, 0.05) is 23.6 Å². The van der Waals surface area contributed by atoms with E-state index in [2.05, 4.69) is 0 Å². The number of hydrogen-bond donors (Lipinski definition) is 3. The summed E-state index contributed by atoms with van der Waals surface area (Å²) in [6.07, 6.45) is 0.727. The summed E-state index contributed by atoms with van der Waals surface area (Å²) < 4.78 is 26.5. The fraction of sp³-hybridized carbons (Fsp3) is 0.688. The number of carbonyl (C=O) groups is 1. The molecule has 0 aliphatic heterocycles. The molecule has 4 nitrogen and oxygen atoms in total. The number of halogens is 2. The van der Waals surface area contributed by atoms with Crippen molar-refractivity contribution in [3.63, 3.8) is 0 Å². The van der Waals surface area contributed by atoms with E-state index in [0.717, 1.165) is 11.3 Å². The molecule has 23 heavy (non-hydrogen) atoms. The Balaban J connectivity index is 1.89. The lowest BCUT2D eigenvalue weighted by Crippen LogP contribution is -2.38. The molecule has 7 heteroatoms. The van der Waals surface area contributed by atoms with Crippen LogP contribution in [0.1, 0.15) is 43.4 Å². The fourth-order valence-corrected chi connectivity index (χ4v) is 3.96. The standard InChI is InChI=1S/C16H23F2NO3S/c17-16(18)7-5-11(6-8-16)14(15(21)19-22)10-12(20)3-4-13-2-1-9-23-13/h1-2,9,11-12,14,20,22H,3-8,10H2,(H,19,21). The Labute approximate surface area is 138 Å². The van der Waals surface area contributed by atoms with Crippen molar-refractivity contribution in [2.24, 2.45) is 11.8 Å². The van der Waals surface area contributed by atoms with Crippen LogP contribution in [0.15, 0.2) is 17.5 Å². The van der Waals surface area contributed by atoms with E-state index in [4.69, 9.17) is 5.21 Å². The summed E-state index contributed by atoms with van der Waals surface area (Å²) in [5, 5.41) is 21.1. The Morgan fingerprint density at radius 3 is 2.70 bits per heavy atom. The average molecular weight is 347 g/mol. The molecule has 2 unspecified atom stereocenters. The normalized spacial score (nSPS) is 20.9. The van der Waals surface area contributed by atoms with E-state index in [0.29, 0.717) is 6.42 Å². The molecule has 1 saturated carbocycles. The lowest BCUT2D eigenvalue weighted by atomic mass is 9.76. The van der Waals surface area contributed by atoms with Gasteiger partial charge < -0.3 is 5.11 Å². The van der Waals surface area contributed by atoms with E-state index in [1.54, 1.807) is 16.8 Å². The smallest absolute Gasteiger partial charge is 0.248 e. The van der Waals surface area contributed by atoms with Gasteiger partial charge in [-0.2, -0.15) is 0 Å². The molecule has 1 aromatic rings. The van der Waals surface area contributed by atoms with E-state index in [9.17, 15) is 18.7 Å². The van der Waals surface area contributed by atoms with Gasteiger partial charge >= 0.3 is 0 Å². The van der Waals surface area contributed by atoms with Crippen molar-refractivity contribution in [3.05, 3.63) is 22.4 Å². The van der Waals surface area contributed by atoms with Crippen LogP contribution in [0, 0.1) is 11.8 Å². The van der Waals surface area contributed by atoms with Crippen molar-refractivity contribution in [2.75, 3.05) is 0 Å². The molecule has 0 saturated heterocycles. The maximum Gasteiger partial charge on any atom is 0.248 e. The van der Waals surface area contributed by atoms with E-state index < -0.39 is 23.9 Å². The van der Waals surface area contributed by atoms with Crippen molar-refractivity contribution in [3.8, 4) is 0 Å². The Hall–Kier alpha value is -1.05. The molecule has 0 spiro atoms. The zero-order valence-corrected chi connectivity index (χ0v) is 13.7. The molecule has 0 bridgehead atoms. The summed E-state index contributed by atoms with van der Waals surface area (Å²) >= 11 is 1.61. The molecule has 0 radical (unpaired) electrons. The molecule has 1 aliphatic rings. The lowest BCUT2D eigenvalue weighted by Gasteiger charge is -2.33. The Bertz CT molecular complexity index is 486. The minimum absolute atomic E-state index is 0.188. The van der Waals surface area contributed by atoms with Gasteiger partial charge in [0.25, 0.3) is 0 Å². The number of hydrogen-bond acceptors (Lipinski definition) is 4. The molecule has 1 fully saturated rings. The van der Waals surface area contributed by atoms with Gasteiger partial charge in [-0.15, -0.1) is 11.3 Å².